The van der Waals surface area contributed by atoms with Gasteiger partial charge >= 0.3 is 0 Å². The Balaban J connectivity index is 1.40. The molecule has 4 fully saturated rings. The van der Waals surface area contributed by atoms with Crippen molar-refractivity contribution in [3.63, 3.8) is 0 Å². The second-order valence-corrected chi connectivity index (χ2v) is 9.81. The van der Waals surface area contributed by atoms with Crippen molar-refractivity contribution in [2.45, 2.75) is 57.1 Å². The lowest BCUT2D eigenvalue weighted by molar-refractivity contribution is -0.141. The minimum absolute atomic E-state index is 0.00662. The molecule has 0 aliphatic heterocycles. The average Bonchev–Trinajstić information content (AvgIpc) is 2.65. The van der Waals surface area contributed by atoms with Gasteiger partial charge in [-0.05, 0) is 75.3 Å². The third kappa shape index (κ3) is 2.86. The number of ketones is 1. The van der Waals surface area contributed by atoms with E-state index in [4.69, 9.17) is 4.98 Å². The number of thioether (sulfide) groups is 1. The first-order chi connectivity index (χ1) is 13.1. The summed E-state index contributed by atoms with van der Waals surface area (Å²) in [7, 11) is 0. The number of carbonyl (C=O) groups excluding carboxylic acids is 1. The van der Waals surface area contributed by atoms with E-state index in [9.17, 15) is 9.59 Å². The Morgan fingerprint density at radius 3 is 2.41 bits per heavy atom. The second-order valence-electron chi connectivity index (χ2n) is 8.87. The minimum atomic E-state index is -0.0735. The molecule has 5 heteroatoms. The van der Waals surface area contributed by atoms with Crippen molar-refractivity contribution in [2.24, 2.45) is 23.2 Å². The molecule has 1 heterocycles. The first-order valence-electron chi connectivity index (χ1n) is 10.2. The van der Waals surface area contributed by atoms with Crippen molar-refractivity contribution in [1.82, 2.24) is 9.55 Å². The molecule has 0 atom stereocenters. The zero-order valence-corrected chi connectivity index (χ0v) is 16.6. The van der Waals surface area contributed by atoms with E-state index in [0.29, 0.717) is 28.6 Å². The van der Waals surface area contributed by atoms with Gasteiger partial charge in [-0.2, -0.15) is 0 Å². The lowest BCUT2D eigenvalue weighted by atomic mass is 9.48. The SMILES string of the molecule is CCn1c(SCC(=O)C23CC4CC(CC(C4)C2)C3)nc2ccccc2c1=O. The Labute approximate surface area is 163 Å². The summed E-state index contributed by atoms with van der Waals surface area (Å²) in [6, 6.07) is 7.47. The number of fused-ring (bicyclic) bond motifs is 1. The van der Waals surface area contributed by atoms with Crippen molar-refractivity contribution < 1.29 is 4.79 Å². The normalized spacial score (nSPS) is 31.5. The fourth-order valence-corrected chi connectivity index (χ4v) is 7.37. The number of carbonyl (C=O) groups is 1. The molecule has 4 saturated carbocycles. The zero-order valence-electron chi connectivity index (χ0n) is 15.8. The fraction of sp³-hybridized carbons (Fsp3) is 0.591. The van der Waals surface area contributed by atoms with Gasteiger partial charge in [-0.1, -0.05) is 23.9 Å². The highest BCUT2D eigenvalue weighted by Crippen LogP contribution is 2.60. The Kier molecular flexibility index (Phi) is 4.19. The highest BCUT2D eigenvalue weighted by molar-refractivity contribution is 7.99. The number of Topliss-reactive ketones (excluding diaryl/α,β-unsaturated/α-hetero) is 1. The molecule has 27 heavy (non-hydrogen) atoms. The van der Waals surface area contributed by atoms with Crippen molar-refractivity contribution in [3.8, 4) is 0 Å². The number of benzene rings is 1. The van der Waals surface area contributed by atoms with Gasteiger partial charge in [-0.15, -0.1) is 0 Å². The molecule has 0 unspecified atom stereocenters. The van der Waals surface area contributed by atoms with E-state index in [0.717, 1.165) is 42.5 Å². The maximum absolute atomic E-state index is 13.3. The molecule has 0 N–H and O–H groups in total. The largest absolute Gasteiger partial charge is 0.298 e. The van der Waals surface area contributed by atoms with E-state index in [1.807, 2.05) is 31.2 Å². The topological polar surface area (TPSA) is 52.0 Å². The molecule has 1 aromatic heterocycles. The standard InChI is InChI=1S/C22H26N2O2S/c1-2-24-20(26)17-5-3-4-6-18(17)23-21(24)27-13-19(25)22-10-14-7-15(11-22)9-16(8-14)12-22/h3-6,14-16H,2,7-13H2,1H3. The van der Waals surface area contributed by atoms with Gasteiger partial charge in [0, 0.05) is 12.0 Å². The maximum atomic E-state index is 13.3. The molecule has 4 bridgehead atoms. The third-order valence-corrected chi connectivity index (χ3v) is 8.08. The number of rotatable bonds is 5. The van der Waals surface area contributed by atoms with Crippen molar-refractivity contribution in [3.05, 3.63) is 34.6 Å². The van der Waals surface area contributed by atoms with Crippen LogP contribution in [0.4, 0.5) is 0 Å². The molecule has 6 rings (SSSR count). The molecule has 0 spiro atoms. The van der Waals surface area contributed by atoms with Crippen molar-refractivity contribution >= 4 is 28.4 Å². The molecular weight excluding hydrogens is 356 g/mol. The number of hydrogen-bond acceptors (Lipinski definition) is 4. The van der Waals surface area contributed by atoms with Gasteiger partial charge in [0.2, 0.25) is 0 Å². The van der Waals surface area contributed by atoms with Crippen LogP contribution in [0.15, 0.2) is 34.2 Å². The van der Waals surface area contributed by atoms with Crippen LogP contribution in [-0.4, -0.2) is 21.1 Å². The first kappa shape index (κ1) is 17.5. The van der Waals surface area contributed by atoms with Gasteiger partial charge in [0.25, 0.3) is 5.56 Å². The van der Waals surface area contributed by atoms with E-state index >= 15 is 0 Å². The summed E-state index contributed by atoms with van der Waals surface area (Å²) in [4.78, 5) is 30.8. The summed E-state index contributed by atoms with van der Waals surface area (Å²) in [5, 5.41) is 1.33. The summed E-state index contributed by atoms with van der Waals surface area (Å²) in [5.41, 5.74) is 0.639. The van der Waals surface area contributed by atoms with Crippen LogP contribution in [0.2, 0.25) is 0 Å². The fourth-order valence-electron chi connectivity index (χ4n) is 6.27. The van der Waals surface area contributed by atoms with Gasteiger partial charge < -0.3 is 0 Å². The molecule has 0 saturated heterocycles. The maximum Gasteiger partial charge on any atom is 0.262 e. The smallest absolute Gasteiger partial charge is 0.262 e. The van der Waals surface area contributed by atoms with Crippen LogP contribution in [0.1, 0.15) is 45.4 Å². The Hall–Kier alpha value is -1.62. The summed E-state index contributed by atoms with van der Waals surface area (Å²) < 4.78 is 1.71. The van der Waals surface area contributed by atoms with Crippen LogP contribution in [0.3, 0.4) is 0 Å². The van der Waals surface area contributed by atoms with Gasteiger partial charge in [-0.25, -0.2) is 4.98 Å². The highest BCUT2D eigenvalue weighted by atomic mass is 32.2. The number of para-hydroxylation sites is 1. The number of aromatic nitrogens is 2. The molecule has 142 valence electrons. The zero-order chi connectivity index (χ0) is 18.6. The molecule has 0 radical (unpaired) electrons. The molecule has 4 aliphatic rings. The van der Waals surface area contributed by atoms with Crippen molar-refractivity contribution in [2.75, 3.05) is 5.75 Å². The van der Waals surface area contributed by atoms with Gasteiger partial charge in [0.1, 0.15) is 5.78 Å². The van der Waals surface area contributed by atoms with Crippen LogP contribution < -0.4 is 5.56 Å². The third-order valence-electron chi connectivity index (χ3n) is 7.10. The molecular formula is C22H26N2O2S. The van der Waals surface area contributed by atoms with E-state index in [-0.39, 0.29) is 11.0 Å². The summed E-state index contributed by atoms with van der Waals surface area (Å²) >= 11 is 1.46. The van der Waals surface area contributed by atoms with Gasteiger partial charge in [0.05, 0.1) is 16.7 Å². The van der Waals surface area contributed by atoms with E-state index in [1.165, 1.54) is 31.0 Å². The minimum Gasteiger partial charge on any atom is -0.298 e. The lowest BCUT2D eigenvalue weighted by Gasteiger charge is -2.56. The number of hydrogen-bond donors (Lipinski definition) is 0. The van der Waals surface area contributed by atoms with Crippen molar-refractivity contribution in [1.29, 1.82) is 0 Å². The Morgan fingerprint density at radius 1 is 1.15 bits per heavy atom. The van der Waals surface area contributed by atoms with Crippen LogP contribution in [0.5, 0.6) is 0 Å². The summed E-state index contributed by atoms with van der Waals surface area (Å²) in [6.45, 7) is 2.54. The predicted octanol–water partition coefficient (Wildman–Crippen LogP) is 4.29. The molecule has 2 aromatic rings. The predicted molar refractivity (Wildman–Crippen MR) is 108 cm³/mol. The molecule has 1 aromatic carbocycles. The van der Waals surface area contributed by atoms with Crippen LogP contribution in [0, 0.1) is 23.2 Å². The van der Waals surface area contributed by atoms with Crippen LogP contribution in [-0.2, 0) is 11.3 Å². The van der Waals surface area contributed by atoms with E-state index in [1.54, 1.807) is 4.57 Å². The quantitative estimate of drug-likeness (QED) is 0.572. The summed E-state index contributed by atoms with van der Waals surface area (Å²) in [5.74, 6) is 3.17. The number of nitrogens with zero attached hydrogens (tertiary/aromatic N) is 2. The molecule has 0 amide bonds. The monoisotopic (exact) mass is 382 g/mol. The molecule has 4 aliphatic carbocycles. The summed E-state index contributed by atoms with van der Waals surface area (Å²) in [6.07, 6.45) is 7.35. The van der Waals surface area contributed by atoms with Gasteiger partial charge in [0.15, 0.2) is 5.16 Å². The Bertz CT molecular complexity index is 929. The molecule has 4 nitrogen and oxygen atoms in total. The second kappa shape index (κ2) is 6.47. The first-order valence-corrected chi connectivity index (χ1v) is 11.2. The van der Waals surface area contributed by atoms with E-state index < -0.39 is 0 Å². The van der Waals surface area contributed by atoms with Gasteiger partial charge in [-0.3, -0.25) is 14.2 Å². The Morgan fingerprint density at radius 2 is 1.78 bits per heavy atom. The average molecular weight is 383 g/mol. The lowest BCUT2D eigenvalue weighted by Crippen LogP contribution is -2.50. The van der Waals surface area contributed by atoms with E-state index in [2.05, 4.69) is 0 Å². The van der Waals surface area contributed by atoms with Crippen LogP contribution >= 0.6 is 11.8 Å². The van der Waals surface area contributed by atoms with Crippen LogP contribution in [0.25, 0.3) is 10.9 Å². The highest BCUT2D eigenvalue weighted by Gasteiger charge is 2.54.